The van der Waals surface area contributed by atoms with Crippen LogP contribution >= 0.6 is 0 Å². The Hall–Kier alpha value is -1.02. The summed E-state index contributed by atoms with van der Waals surface area (Å²) in [5.41, 5.74) is 1.39. The molecule has 0 aromatic heterocycles. The van der Waals surface area contributed by atoms with Gasteiger partial charge in [0.25, 0.3) is 0 Å². The average molecular weight is 218 g/mol. The second-order valence-corrected chi connectivity index (χ2v) is 4.39. The van der Waals surface area contributed by atoms with E-state index in [9.17, 15) is 0 Å². The SMILES string of the molecule is CCCOc1cccc(C2CCC[N]C2)c1. The highest BCUT2D eigenvalue weighted by molar-refractivity contribution is 5.31. The lowest BCUT2D eigenvalue weighted by molar-refractivity contribution is 0.316. The van der Waals surface area contributed by atoms with Crippen molar-refractivity contribution in [3.8, 4) is 5.75 Å². The molecule has 2 nitrogen and oxygen atoms in total. The number of hydrogen-bond acceptors (Lipinski definition) is 1. The van der Waals surface area contributed by atoms with Crippen LogP contribution in [0, 0.1) is 0 Å². The van der Waals surface area contributed by atoms with Crippen LogP contribution in [0.15, 0.2) is 24.3 Å². The monoisotopic (exact) mass is 218 g/mol. The smallest absolute Gasteiger partial charge is 0.119 e. The molecule has 1 aliphatic rings. The topological polar surface area (TPSA) is 23.3 Å². The van der Waals surface area contributed by atoms with E-state index >= 15 is 0 Å². The number of benzene rings is 1. The van der Waals surface area contributed by atoms with Crippen molar-refractivity contribution in [3.63, 3.8) is 0 Å². The van der Waals surface area contributed by atoms with Gasteiger partial charge < -0.3 is 4.74 Å². The first-order valence-corrected chi connectivity index (χ1v) is 6.26. The Bertz CT molecular complexity index is 318. The first-order chi connectivity index (χ1) is 7.90. The van der Waals surface area contributed by atoms with Crippen LogP contribution in [0.5, 0.6) is 5.75 Å². The zero-order valence-corrected chi connectivity index (χ0v) is 9.98. The molecule has 1 aliphatic heterocycles. The lowest BCUT2D eigenvalue weighted by Crippen LogP contribution is -2.22. The predicted molar refractivity (Wildman–Crippen MR) is 66.1 cm³/mol. The third-order valence-corrected chi connectivity index (χ3v) is 3.02. The van der Waals surface area contributed by atoms with Crippen LogP contribution in [0.2, 0.25) is 0 Å². The highest BCUT2D eigenvalue weighted by Crippen LogP contribution is 2.26. The minimum Gasteiger partial charge on any atom is -0.494 e. The molecule has 1 fully saturated rings. The van der Waals surface area contributed by atoms with Crippen molar-refractivity contribution in [3.05, 3.63) is 29.8 Å². The van der Waals surface area contributed by atoms with E-state index in [0.717, 1.165) is 31.9 Å². The number of piperidine rings is 1. The highest BCUT2D eigenvalue weighted by atomic mass is 16.5. The lowest BCUT2D eigenvalue weighted by atomic mass is 9.92. The molecule has 2 rings (SSSR count). The van der Waals surface area contributed by atoms with Gasteiger partial charge in [-0.05, 0) is 42.9 Å². The predicted octanol–water partition coefficient (Wildman–Crippen LogP) is 2.96. The molecule has 1 heterocycles. The molecule has 0 bridgehead atoms. The van der Waals surface area contributed by atoms with Crippen LogP contribution in [-0.2, 0) is 0 Å². The van der Waals surface area contributed by atoms with Crippen molar-refractivity contribution in [2.45, 2.75) is 32.1 Å². The van der Waals surface area contributed by atoms with Gasteiger partial charge >= 0.3 is 0 Å². The molecule has 1 radical (unpaired) electrons. The fourth-order valence-electron chi connectivity index (χ4n) is 2.14. The number of hydrogen-bond donors (Lipinski definition) is 0. The molecule has 1 aromatic rings. The molecule has 0 saturated carbocycles. The van der Waals surface area contributed by atoms with Crippen molar-refractivity contribution < 1.29 is 4.74 Å². The molecule has 1 saturated heterocycles. The Kier molecular flexibility index (Phi) is 4.23. The average Bonchev–Trinajstić information content (AvgIpc) is 2.38. The normalized spacial score (nSPS) is 20.7. The van der Waals surface area contributed by atoms with Gasteiger partial charge in [0.2, 0.25) is 0 Å². The summed E-state index contributed by atoms with van der Waals surface area (Å²) in [6.45, 7) is 4.96. The van der Waals surface area contributed by atoms with E-state index in [4.69, 9.17) is 4.74 Å². The van der Waals surface area contributed by atoms with Crippen LogP contribution in [0.3, 0.4) is 0 Å². The Morgan fingerprint density at radius 3 is 3.12 bits per heavy atom. The van der Waals surface area contributed by atoms with Gasteiger partial charge in [0.05, 0.1) is 6.61 Å². The number of nitrogens with zero attached hydrogens (tertiary/aromatic N) is 1. The van der Waals surface area contributed by atoms with Gasteiger partial charge in [-0.2, -0.15) is 0 Å². The summed E-state index contributed by atoms with van der Waals surface area (Å²) in [5, 5.41) is 4.49. The summed E-state index contributed by atoms with van der Waals surface area (Å²) in [4.78, 5) is 0. The minimum absolute atomic E-state index is 0.610. The fourth-order valence-corrected chi connectivity index (χ4v) is 2.14. The van der Waals surface area contributed by atoms with E-state index in [2.05, 4.69) is 30.4 Å². The Labute approximate surface area is 98.0 Å². The van der Waals surface area contributed by atoms with Gasteiger partial charge in [-0.3, -0.25) is 0 Å². The molecular formula is C14H20NO. The van der Waals surface area contributed by atoms with Crippen LogP contribution in [0.25, 0.3) is 0 Å². The van der Waals surface area contributed by atoms with Crippen molar-refractivity contribution in [2.75, 3.05) is 19.7 Å². The summed E-state index contributed by atoms with van der Waals surface area (Å²) in [5.74, 6) is 1.61. The Morgan fingerprint density at radius 2 is 2.38 bits per heavy atom. The van der Waals surface area contributed by atoms with Crippen LogP contribution in [-0.4, -0.2) is 19.7 Å². The third kappa shape index (κ3) is 2.99. The maximum atomic E-state index is 5.66. The summed E-state index contributed by atoms with van der Waals surface area (Å²) < 4.78 is 5.66. The van der Waals surface area contributed by atoms with E-state index in [1.165, 1.54) is 18.4 Å². The molecule has 1 atom stereocenters. The largest absolute Gasteiger partial charge is 0.494 e. The molecular weight excluding hydrogens is 198 g/mol. The van der Waals surface area contributed by atoms with Crippen molar-refractivity contribution in [1.82, 2.24) is 5.32 Å². The van der Waals surface area contributed by atoms with Gasteiger partial charge in [-0.25, -0.2) is 5.32 Å². The van der Waals surface area contributed by atoms with Crippen LogP contribution in [0.4, 0.5) is 0 Å². The van der Waals surface area contributed by atoms with Crippen molar-refractivity contribution >= 4 is 0 Å². The van der Waals surface area contributed by atoms with E-state index in [0.29, 0.717) is 5.92 Å². The standard InChI is InChI=1S/C14H20NO/c1-2-9-16-14-7-3-5-12(10-14)13-6-4-8-15-11-13/h3,5,7,10,13H,2,4,6,8-9,11H2,1H3. The summed E-state index contributed by atoms with van der Waals surface area (Å²) in [7, 11) is 0. The minimum atomic E-state index is 0.610. The molecule has 1 unspecified atom stereocenters. The Balaban J connectivity index is 2.02. The summed E-state index contributed by atoms with van der Waals surface area (Å²) >= 11 is 0. The maximum absolute atomic E-state index is 5.66. The lowest BCUT2D eigenvalue weighted by Gasteiger charge is -2.22. The zero-order valence-electron chi connectivity index (χ0n) is 9.98. The van der Waals surface area contributed by atoms with Gasteiger partial charge in [0, 0.05) is 13.1 Å². The van der Waals surface area contributed by atoms with Gasteiger partial charge in [-0.1, -0.05) is 19.1 Å². The number of rotatable bonds is 4. The summed E-state index contributed by atoms with van der Waals surface area (Å²) in [6, 6.07) is 8.51. The molecule has 0 spiro atoms. The second kappa shape index (κ2) is 5.90. The first-order valence-electron chi connectivity index (χ1n) is 6.26. The van der Waals surface area contributed by atoms with Crippen LogP contribution in [0.1, 0.15) is 37.7 Å². The van der Waals surface area contributed by atoms with E-state index < -0.39 is 0 Å². The van der Waals surface area contributed by atoms with Crippen molar-refractivity contribution in [1.29, 1.82) is 0 Å². The Morgan fingerprint density at radius 1 is 1.44 bits per heavy atom. The second-order valence-electron chi connectivity index (χ2n) is 4.39. The van der Waals surface area contributed by atoms with Gasteiger partial charge in [0.1, 0.15) is 5.75 Å². The molecule has 2 heteroatoms. The molecule has 1 aromatic carbocycles. The maximum Gasteiger partial charge on any atom is 0.119 e. The summed E-state index contributed by atoms with van der Waals surface area (Å²) in [6.07, 6.45) is 3.55. The molecule has 0 amide bonds. The van der Waals surface area contributed by atoms with Crippen molar-refractivity contribution in [2.24, 2.45) is 0 Å². The van der Waals surface area contributed by atoms with E-state index in [-0.39, 0.29) is 0 Å². The highest BCUT2D eigenvalue weighted by Gasteiger charge is 2.15. The zero-order chi connectivity index (χ0) is 11.2. The molecule has 0 aliphatic carbocycles. The number of ether oxygens (including phenoxy) is 1. The van der Waals surface area contributed by atoms with Gasteiger partial charge in [-0.15, -0.1) is 0 Å². The van der Waals surface area contributed by atoms with E-state index in [1.807, 2.05) is 6.07 Å². The molecule has 16 heavy (non-hydrogen) atoms. The first kappa shape index (κ1) is 11.5. The fraction of sp³-hybridized carbons (Fsp3) is 0.571. The third-order valence-electron chi connectivity index (χ3n) is 3.02. The van der Waals surface area contributed by atoms with Gasteiger partial charge in [0.15, 0.2) is 0 Å². The van der Waals surface area contributed by atoms with Crippen LogP contribution < -0.4 is 10.1 Å². The molecule has 87 valence electrons. The quantitative estimate of drug-likeness (QED) is 0.762. The van der Waals surface area contributed by atoms with E-state index in [1.54, 1.807) is 0 Å². The molecule has 0 N–H and O–H groups in total.